The van der Waals surface area contributed by atoms with E-state index in [0.717, 1.165) is 47.9 Å². The number of hydrogen-bond donors (Lipinski definition) is 1. The number of carbonyl (C=O) groups excluding carboxylic acids is 1. The molecule has 0 unspecified atom stereocenters. The maximum atomic E-state index is 12.8. The molecule has 1 saturated heterocycles. The minimum Gasteiger partial charge on any atom is -0.497 e. The molecule has 0 aliphatic carbocycles. The van der Waals surface area contributed by atoms with E-state index in [1.807, 2.05) is 36.4 Å². The first-order valence-electron chi connectivity index (χ1n) is 10.2. The Morgan fingerprint density at radius 2 is 1.93 bits per heavy atom. The van der Waals surface area contributed by atoms with Crippen LogP contribution in [0.5, 0.6) is 5.75 Å². The van der Waals surface area contributed by atoms with Crippen LogP contribution in [0.4, 0.5) is 11.5 Å². The van der Waals surface area contributed by atoms with Gasteiger partial charge in [0.15, 0.2) is 5.82 Å². The van der Waals surface area contributed by atoms with Crippen molar-refractivity contribution in [3.8, 4) is 17.0 Å². The summed E-state index contributed by atoms with van der Waals surface area (Å²) >= 11 is 0. The number of carbonyl (C=O) groups is 1. The van der Waals surface area contributed by atoms with Gasteiger partial charge in [-0.3, -0.25) is 4.79 Å². The second-order valence-electron chi connectivity index (χ2n) is 7.65. The summed E-state index contributed by atoms with van der Waals surface area (Å²) in [5.41, 5.74) is 3.87. The molecule has 3 aromatic rings. The van der Waals surface area contributed by atoms with E-state index < -0.39 is 0 Å². The summed E-state index contributed by atoms with van der Waals surface area (Å²) in [7, 11) is 1.62. The number of rotatable bonds is 5. The third kappa shape index (κ3) is 4.59. The molecule has 30 heavy (non-hydrogen) atoms. The zero-order valence-corrected chi connectivity index (χ0v) is 17.3. The zero-order valence-electron chi connectivity index (χ0n) is 17.3. The van der Waals surface area contributed by atoms with Crippen LogP contribution in [0.25, 0.3) is 11.3 Å². The highest BCUT2D eigenvalue weighted by Gasteiger charge is 2.27. The minimum atomic E-state index is -0.0940. The molecular formula is C24H26N4O2. The highest BCUT2D eigenvalue weighted by molar-refractivity contribution is 5.93. The van der Waals surface area contributed by atoms with Crippen molar-refractivity contribution in [2.24, 2.45) is 5.92 Å². The first-order valence-corrected chi connectivity index (χ1v) is 10.2. The van der Waals surface area contributed by atoms with Crippen LogP contribution >= 0.6 is 0 Å². The molecule has 1 atom stereocenters. The van der Waals surface area contributed by atoms with Gasteiger partial charge in [-0.25, -0.2) is 0 Å². The van der Waals surface area contributed by atoms with E-state index >= 15 is 0 Å². The van der Waals surface area contributed by atoms with Crippen molar-refractivity contribution >= 4 is 17.4 Å². The molecule has 0 saturated carbocycles. The van der Waals surface area contributed by atoms with Gasteiger partial charge in [0.2, 0.25) is 5.91 Å². The highest BCUT2D eigenvalue weighted by Crippen LogP contribution is 2.25. The largest absolute Gasteiger partial charge is 0.497 e. The Bertz CT molecular complexity index is 1000. The van der Waals surface area contributed by atoms with E-state index in [1.54, 1.807) is 7.11 Å². The Balaban J connectivity index is 1.41. The molecule has 1 aromatic heterocycles. The van der Waals surface area contributed by atoms with Crippen LogP contribution in [0.3, 0.4) is 0 Å². The quantitative estimate of drug-likeness (QED) is 0.689. The molecule has 6 heteroatoms. The fourth-order valence-corrected chi connectivity index (χ4v) is 3.72. The number of methoxy groups -OCH3 is 1. The smallest absolute Gasteiger partial charge is 0.229 e. The topological polar surface area (TPSA) is 67.3 Å². The molecule has 4 rings (SSSR count). The molecule has 6 nitrogen and oxygen atoms in total. The summed E-state index contributed by atoms with van der Waals surface area (Å²) in [6.07, 6.45) is 1.80. The molecule has 1 N–H and O–H groups in total. The zero-order chi connectivity index (χ0) is 20.9. The number of aryl methyl sites for hydroxylation is 1. The summed E-state index contributed by atoms with van der Waals surface area (Å²) in [5, 5.41) is 11.8. The van der Waals surface area contributed by atoms with E-state index in [9.17, 15) is 4.79 Å². The molecule has 0 bridgehead atoms. The Labute approximate surface area is 176 Å². The van der Waals surface area contributed by atoms with Crippen molar-refractivity contribution in [1.82, 2.24) is 10.2 Å². The maximum absolute atomic E-state index is 12.8. The van der Waals surface area contributed by atoms with Gasteiger partial charge in [0.05, 0.1) is 18.7 Å². The van der Waals surface area contributed by atoms with Crippen molar-refractivity contribution in [2.75, 3.05) is 30.4 Å². The molecular weight excluding hydrogens is 376 g/mol. The predicted molar refractivity (Wildman–Crippen MR) is 119 cm³/mol. The van der Waals surface area contributed by atoms with Crippen LogP contribution in [-0.4, -0.2) is 36.3 Å². The van der Waals surface area contributed by atoms with Crippen LogP contribution in [0.1, 0.15) is 18.4 Å². The highest BCUT2D eigenvalue weighted by atomic mass is 16.5. The van der Waals surface area contributed by atoms with Gasteiger partial charge in [0.1, 0.15) is 5.75 Å². The molecule has 154 valence electrons. The first-order chi connectivity index (χ1) is 14.6. The van der Waals surface area contributed by atoms with Crippen LogP contribution in [-0.2, 0) is 4.79 Å². The monoisotopic (exact) mass is 402 g/mol. The molecule has 1 aliphatic rings. The summed E-state index contributed by atoms with van der Waals surface area (Å²) in [6.45, 7) is 3.58. The van der Waals surface area contributed by atoms with E-state index in [-0.39, 0.29) is 11.8 Å². The molecule has 0 radical (unpaired) electrons. The lowest BCUT2D eigenvalue weighted by Crippen LogP contribution is -2.41. The maximum Gasteiger partial charge on any atom is 0.229 e. The molecule has 1 amide bonds. The third-order valence-electron chi connectivity index (χ3n) is 5.45. The Morgan fingerprint density at radius 1 is 1.10 bits per heavy atom. The van der Waals surface area contributed by atoms with Gasteiger partial charge >= 0.3 is 0 Å². The molecule has 2 heterocycles. The summed E-state index contributed by atoms with van der Waals surface area (Å²) in [4.78, 5) is 14.9. The van der Waals surface area contributed by atoms with Crippen molar-refractivity contribution in [2.45, 2.75) is 19.8 Å². The summed E-state index contributed by atoms with van der Waals surface area (Å²) in [5.74, 6) is 1.47. The first kappa shape index (κ1) is 19.9. The normalized spacial score (nSPS) is 16.2. The number of aromatic nitrogens is 2. The Hall–Kier alpha value is -3.41. The SMILES string of the molecule is COc1cccc(NC(=O)[C@@H]2CCCN(c3ccc(-c4ccc(C)cc4)nn3)C2)c1. The van der Waals surface area contributed by atoms with Crippen molar-refractivity contribution in [1.29, 1.82) is 0 Å². The van der Waals surface area contributed by atoms with Crippen LogP contribution in [0.2, 0.25) is 0 Å². The number of nitrogens with one attached hydrogen (secondary N) is 1. The van der Waals surface area contributed by atoms with Gasteiger partial charge < -0.3 is 15.0 Å². The van der Waals surface area contributed by atoms with E-state index in [4.69, 9.17) is 4.74 Å². The van der Waals surface area contributed by atoms with E-state index in [0.29, 0.717) is 6.54 Å². The standard InChI is InChI=1S/C24H26N4O2/c1-17-8-10-18(11-9-17)22-12-13-23(27-26-22)28-14-4-5-19(16-28)24(29)25-20-6-3-7-21(15-20)30-2/h3,6-13,15,19H,4-5,14,16H2,1-2H3,(H,25,29)/t19-/m1/s1. The number of nitrogens with zero attached hydrogens (tertiary/aromatic N) is 3. The Morgan fingerprint density at radius 3 is 2.67 bits per heavy atom. The molecule has 0 spiro atoms. The number of anilines is 2. The average Bonchev–Trinajstić information content (AvgIpc) is 2.80. The average molecular weight is 402 g/mol. The number of benzene rings is 2. The fraction of sp³-hybridized carbons (Fsp3) is 0.292. The lowest BCUT2D eigenvalue weighted by atomic mass is 9.97. The number of ether oxygens (including phenoxy) is 1. The molecule has 1 fully saturated rings. The second-order valence-corrected chi connectivity index (χ2v) is 7.65. The fourth-order valence-electron chi connectivity index (χ4n) is 3.72. The lowest BCUT2D eigenvalue weighted by molar-refractivity contribution is -0.120. The van der Waals surface area contributed by atoms with Gasteiger partial charge in [0.25, 0.3) is 0 Å². The number of amides is 1. The van der Waals surface area contributed by atoms with Gasteiger partial charge in [-0.15, -0.1) is 10.2 Å². The van der Waals surface area contributed by atoms with Crippen molar-refractivity contribution < 1.29 is 9.53 Å². The van der Waals surface area contributed by atoms with E-state index in [1.165, 1.54) is 5.56 Å². The van der Waals surface area contributed by atoms with E-state index in [2.05, 4.69) is 51.6 Å². The summed E-state index contributed by atoms with van der Waals surface area (Å²) in [6, 6.07) is 19.7. The van der Waals surface area contributed by atoms with Crippen molar-refractivity contribution in [3.63, 3.8) is 0 Å². The number of piperidine rings is 1. The van der Waals surface area contributed by atoms with Crippen molar-refractivity contribution in [3.05, 3.63) is 66.2 Å². The van der Waals surface area contributed by atoms with Gasteiger partial charge in [0, 0.05) is 30.4 Å². The summed E-state index contributed by atoms with van der Waals surface area (Å²) < 4.78 is 5.23. The molecule has 2 aromatic carbocycles. The third-order valence-corrected chi connectivity index (χ3v) is 5.45. The predicted octanol–water partition coefficient (Wildman–Crippen LogP) is 4.32. The Kier molecular flexibility index (Phi) is 5.93. The van der Waals surface area contributed by atoms with Crippen LogP contribution in [0.15, 0.2) is 60.7 Å². The van der Waals surface area contributed by atoms with Crippen LogP contribution < -0.4 is 15.0 Å². The lowest BCUT2D eigenvalue weighted by Gasteiger charge is -2.32. The minimum absolute atomic E-state index is 0.0252. The van der Waals surface area contributed by atoms with Crippen LogP contribution in [0, 0.1) is 12.8 Å². The van der Waals surface area contributed by atoms with Gasteiger partial charge in [-0.1, -0.05) is 35.9 Å². The second kappa shape index (κ2) is 8.95. The molecule has 1 aliphatic heterocycles. The van der Waals surface area contributed by atoms with Gasteiger partial charge in [-0.2, -0.15) is 0 Å². The van der Waals surface area contributed by atoms with Gasteiger partial charge in [-0.05, 0) is 44.0 Å². The number of hydrogen-bond acceptors (Lipinski definition) is 5.